The third-order valence-corrected chi connectivity index (χ3v) is 4.00. The number of aryl methyl sites for hydroxylation is 1. The summed E-state index contributed by atoms with van der Waals surface area (Å²) in [5, 5.41) is 0. The van der Waals surface area contributed by atoms with Gasteiger partial charge in [0.1, 0.15) is 11.6 Å². The van der Waals surface area contributed by atoms with Gasteiger partial charge in [0.25, 0.3) is 5.91 Å². The van der Waals surface area contributed by atoms with Crippen LogP contribution in [0.3, 0.4) is 0 Å². The van der Waals surface area contributed by atoms with Crippen LogP contribution in [0.15, 0.2) is 36.9 Å². The number of ether oxygens (including phenoxy) is 1. The second-order valence-electron chi connectivity index (χ2n) is 5.49. The average Bonchev–Trinajstić information content (AvgIpc) is 3.00. The summed E-state index contributed by atoms with van der Waals surface area (Å²) in [5.74, 6) is 1.63. The Labute approximate surface area is 129 Å². The molecule has 0 saturated carbocycles. The molecule has 3 rings (SSSR count). The van der Waals surface area contributed by atoms with Crippen molar-refractivity contribution in [2.24, 2.45) is 0 Å². The van der Waals surface area contributed by atoms with Gasteiger partial charge in [0.05, 0.1) is 12.2 Å². The Bertz CT molecular complexity index is 626. The van der Waals surface area contributed by atoms with Crippen molar-refractivity contribution < 1.29 is 9.53 Å². The second kappa shape index (κ2) is 6.60. The smallest absolute Gasteiger partial charge is 0.260 e. The number of carbonyl (C=O) groups excluding carboxylic acids is 1. The van der Waals surface area contributed by atoms with Crippen LogP contribution in [-0.2, 0) is 4.79 Å². The standard InChI is InChI=1S/C16H20N4O2/c1-13-18-7-9-20(13)14-4-3-8-19(11-14)16(21)12-22-15-5-2-6-17-10-15/h2,5-7,9-10,14H,3-4,8,11-12H2,1H3. The summed E-state index contributed by atoms with van der Waals surface area (Å²) in [6, 6.07) is 3.89. The zero-order chi connectivity index (χ0) is 15.4. The number of imidazole rings is 1. The Kier molecular flexibility index (Phi) is 4.37. The fourth-order valence-electron chi connectivity index (χ4n) is 2.85. The molecule has 0 spiro atoms. The fourth-order valence-corrected chi connectivity index (χ4v) is 2.85. The molecule has 1 aliphatic heterocycles. The highest BCUT2D eigenvalue weighted by atomic mass is 16.5. The van der Waals surface area contributed by atoms with E-state index in [0.29, 0.717) is 18.3 Å². The van der Waals surface area contributed by atoms with Crippen LogP contribution in [0.5, 0.6) is 5.75 Å². The van der Waals surface area contributed by atoms with E-state index >= 15 is 0 Å². The van der Waals surface area contributed by atoms with E-state index in [4.69, 9.17) is 4.74 Å². The normalized spacial score (nSPS) is 18.2. The number of amides is 1. The molecule has 1 unspecified atom stereocenters. The van der Waals surface area contributed by atoms with Crippen LogP contribution in [0.1, 0.15) is 24.7 Å². The molecule has 1 saturated heterocycles. The average molecular weight is 300 g/mol. The summed E-state index contributed by atoms with van der Waals surface area (Å²) in [6.45, 7) is 3.56. The van der Waals surface area contributed by atoms with Crippen molar-refractivity contribution in [1.82, 2.24) is 19.4 Å². The Morgan fingerprint density at radius 2 is 2.36 bits per heavy atom. The molecule has 1 fully saturated rings. The number of hydrogen-bond acceptors (Lipinski definition) is 4. The molecule has 0 aromatic carbocycles. The molecule has 0 N–H and O–H groups in total. The van der Waals surface area contributed by atoms with E-state index in [-0.39, 0.29) is 12.5 Å². The molecule has 6 heteroatoms. The van der Waals surface area contributed by atoms with E-state index in [2.05, 4.69) is 14.5 Å². The Hall–Kier alpha value is -2.37. The molecule has 116 valence electrons. The summed E-state index contributed by atoms with van der Waals surface area (Å²) in [7, 11) is 0. The number of pyridine rings is 1. The van der Waals surface area contributed by atoms with Gasteiger partial charge in [0.2, 0.25) is 0 Å². The van der Waals surface area contributed by atoms with E-state index in [1.165, 1.54) is 0 Å². The van der Waals surface area contributed by atoms with E-state index in [1.54, 1.807) is 24.5 Å². The molecule has 2 aromatic rings. The topological polar surface area (TPSA) is 60.2 Å². The van der Waals surface area contributed by atoms with Crippen LogP contribution in [0.25, 0.3) is 0 Å². The number of hydrogen-bond donors (Lipinski definition) is 0. The molecule has 6 nitrogen and oxygen atoms in total. The van der Waals surface area contributed by atoms with E-state index in [1.807, 2.05) is 24.2 Å². The number of carbonyl (C=O) groups is 1. The maximum absolute atomic E-state index is 12.3. The van der Waals surface area contributed by atoms with E-state index < -0.39 is 0 Å². The Balaban J connectivity index is 1.57. The third kappa shape index (κ3) is 3.27. The highest BCUT2D eigenvalue weighted by molar-refractivity contribution is 5.77. The molecule has 1 amide bonds. The van der Waals surface area contributed by atoms with Crippen molar-refractivity contribution in [2.75, 3.05) is 19.7 Å². The quantitative estimate of drug-likeness (QED) is 0.864. The SMILES string of the molecule is Cc1nccn1C1CCCN(C(=O)COc2cccnc2)C1. The van der Waals surface area contributed by atoms with E-state index in [9.17, 15) is 4.79 Å². The number of rotatable bonds is 4. The van der Waals surface area contributed by atoms with Crippen LogP contribution in [0.2, 0.25) is 0 Å². The molecule has 0 aliphatic carbocycles. The summed E-state index contributed by atoms with van der Waals surface area (Å²) in [6.07, 6.45) is 9.16. The van der Waals surface area contributed by atoms with Crippen LogP contribution in [-0.4, -0.2) is 45.0 Å². The van der Waals surface area contributed by atoms with Gasteiger partial charge in [-0.3, -0.25) is 9.78 Å². The summed E-state index contributed by atoms with van der Waals surface area (Å²) in [5.41, 5.74) is 0. The Morgan fingerprint density at radius 1 is 1.45 bits per heavy atom. The zero-order valence-electron chi connectivity index (χ0n) is 12.7. The lowest BCUT2D eigenvalue weighted by Crippen LogP contribution is -2.43. The van der Waals surface area contributed by atoms with Crippen molar-refractivity contribution in [1.29, 1.82) is 0 Å². The highest BCUT2D eigenvalue weighted by Crippen LogP contribution is 2.22. The van der Waals surface area contributed by atoms with Gasteiger partial charge in [-0.05, 0) is 31.9 Å². The third-order valence-electron chi connectivity index (χ3n) is 4.00. The first-order chi connectivity index (χ1) is 10.7. The lowest BCUT2D eigenvalue weighted by Gasteiger charge is -2.33. The van der Waals surface area contributed by atoms with Gasteiger partial charge in [0, 0.05) is 31.7 Å². The molecular formula is C16H20N4O2. The molecule has 2 aromatic heterocycles. The minimum atomic E-state index is 0.0197. The maximum atomic E-state index is 12.3. The molecular weight excluding hydrogens is 280 g/mol. The monoisotopic (exact) mass is 300 g/mol. The predicted octanol–water partition coefficient (Wildman–Crippen LogP) is 1.83. The zero-order valence-corrected chi connectivity index (χ0v) is 12.7. The number of aromatic nitrogens is 3. The van der Waals surface area contributed by atoms with Crippen molar-refractivity contribution in [3.05, 3.63) is 42.7 Å². The van der Waals surface area contributed by atoms with Crippen LogP contribution in [0, 0.1) is 6.92 Å². The number of piperidine rings is 1. The molecule has 1 aliphatic rings. The van der Waals surface area contributed by atoms with Crippen molar-refractivity contribution in [3.8, 4) is 5.75 Å². The molecule has 0 radical (unpaired) electrons. The van der Waals surface area contributed by atoms with Crippen molar-refractivity contribution in [3.63, 3.8) is 0 Å². The first-order valence-corrected chi connectivity index (χ1v) is 7.54. The minimum Gasteiger partial charge on any atom is -0.482 e. The fraction of sp³-hybridized carbons (Fsp3) is 0.438. The highest BCUT2D eigenvalue weighted by Gasteiger charge is 2.25. The van der Waals surface area contributed by atoms with Crippen molar-refractivity contribution in [2.45, 2.75) is 25.8 Å². The van der Waals surface area contributed by atoms with Gasteiger partial charge in [-0.1, -0.05) is 0 Å². The molecule has 3 heterocycles. The van der Waals surface area contributed by atoms with Crippen LogP contribution in [0.4, 0.5) is 0 Å². The number of likely N-dealkylation sites (tertiary alicyclic amines) is 1. The van der Waals surface area contributed by atoms with Gasteiger partial charge in [-0.25, -0.2) is 4.98 Å². The summed E-state index contributed by atoms with van der Waals surface area (Å²) in [4.78, 5) is 22.4. The first kappa shape index (κ1) is 14.6. The van der Waals surface area contributed by atoms with Crippen LogP contribution < -0.4 is 4.74 Å². The van der Waals surface area contributed by atoms with E-state index in [0.717, 1.165) is 25.2 Å². The van der Waals surface area contributed by atoms with Gasteiger partial charge < -0.3 is 14.2 Å². The maximum Gasteiger partial charge on any atom is 0.260 e. The predicted molar refractivity (Wildman–Crippen MR) is 81.5 cm³/mol. The van der Waals surface area contributed by atoms with Gasteiger partial charge >= 0.3 is 0 Å². The van der Waals surface area contributed by atoms with Crippen LogP contribution >= 0.6 is 0 Å². The summed E-state index contributed by atoms with van der Waals surface area (Å²) < 4.78 is 7.65. The molecule has 22 heavy (non-hydrogen) atoms. The Morgan fingerprint density at radius 3 is 3.09 bits per heavy atom. The first-order valence-electron chi connectivity index (χ1n) is 7.54. The van der Waals surface area contributed by atoms with Gasteiger partial charge in [0.15, 0.2) is 6.61 Å². The van der Waals surface area contributed by atoms with Gasteiger partial charge in [-0.15, -0.1) is 0 Å². The minimum absolute atomic E-state index is 0.0197. The summed E-state index contributed by atoms with van der Waals surface area (Å²) >= 11 is 0. The molecule has 0 bridgehead atoms. The lowest BCUT2D eigenvalue weighted by molar-refractivity contribution is -0.135. The number of nitrogens with zero attached hydrogens (tertiary/aromatic N) is 4. The second-order valence-corrected chi connectivity index (χ2v) is 5.49. The largest absolute Gasteiger partial charge is 0.482 e. The van der Waals surface area contributed by atoms with Crippen molar-refractivity contribution >= 4 is 5.91 Å². The lowest BCUT2D eigenvalue weighted by atomic mass is 10.1. The van der Waals surface area contributed by atoms with Gasteiger partial charge in [-0.2, -0.15) is 0 Å². The molecule has 1 atom stereocenters.